The molecule has 12 heteroatoms. The van der Waals surface area contributed by atoms with Gasteiger partial charge in [-0.15, -0.1) is 14.6 Å². The molecule has 0 fully saturated rings. The number of nitrogens with zero attached hydrogens (tertiary/aromatic N) is 4. The molecule has 2 N–H and O–H groups in total. The molecule has 4 aromatic carbocycles. The second-order valence-electron chi connectivity index (χ2n) is 7.57. The molecule has 184 valence electrons. The average molecular weight is 525 g/mol. The van der Waals surface area contributed by atoms with Gasteiger partial charge >= 0.3 is 0 Å². The van der Waals surface area contributed by atoms with Crippen LogP contribution in [0.5, 0.6) is 0 Å². The molecular formula is C24H20N4O6S2. The molecule has 0 spiro atoms. The Balaban J connectivity index is 1.96. The Bertz CT molecular complexity index is 1560. The van der Waals surface area contributed by atoms with E-state index in [0.29, 0.717) is 55.9 Å². The van der Waals surface area contributed by atoms with E-state index < -0.39 is 15.0 Å². The van der Waals surface area contributed by atoms with Crippen molar-refractivity contribution in [2.45, 2.75) is 23.6 Å². The lowest BCUT2D eigenvalue weighted by atomic mass is 9.98. The maximum Gasteiger partial charge on any atom is 0.296 e. The van der Waals surface area contributed by atoms with Crippen LogP contribution in [0.3, 0.4) is 0 Å². The van der Waals surface area contributed by atoms with Gasteiger partial charge in [0, 0.05) is 0 Å². The number of aryl methyl sites for hydroxylation is 2. The van der Waals surface area contributed by atoms with E-state index in [1.807, 2.05) is 24.3 Å². The van der Waals surface area contributed by atoms with Crippen molar-refractivity contribution in [2.75, 3.05) is 0 Å². The zero-order valence-electron chi connectivity index (χ0n) is 19.1. The third kappa shape index (κ3) is 5.65. The SMILES string of the molecule is Cc1c(N=Nc2ccccc2)c(SOOO)cc2cc(S(=O)(=O)O)c(N=Nc3ccccc3)c(C)c12. The van der Waals surface area contributed by atoms with Crippen molar-refractivity contribution in [3.05, 3.63) is 83.9 Å². The second kappa shape index (κ2) is 11.0. The zero-order valence-corrected chi connectivity index (χ0v) is 20.7. The molecule has 0 aliphatic heterocycles. The standard InChI is InChI=1S/C24H20N4O6S2/c1-15-22-16(2)24(28-26-19-11-7-4-8-12-19)21(36(30,31)32)14-17(22)13-20(35-34-33-29)23(15)27-25-18-9-5-3-6-10-18/h3-14,29H,1-2H3,(H,30,31,32). The first-order chi connectivity index (χ1) is 17.3. The van der Waals surface area contributed by atoms with Crippen LogP contribution in [0.25, 0.3) is 10.8 Å². The average Bonchev–Trinajstić information content (AvgIpc) is 2.86. The fraction of sp³-hybridized carbons (Fsp3) is 0.0833. The molecule has 4 aromatic rings. The summed E-state index contributed by atoms with van der Waals surface area (Å²) in [5.74, 6) is 0. The smallest absolute Gasteiger partial charge is 0.282 e. The lowest BCUT2D eigenvalue weighted by Crippen LogP contribution is -2.01. The predicted molar refractivity (Wildman–Crippen MR) is 135 cm³/mol. The number of hydrogen-bond acceptors (Lipinski definition) is 10. The van der Waals surface area contributed by atoms with Crippen LogP contribution in [0.2, 0.25) is 0 Å². The molecule has 0 saturated heterocycles. The largest absolute Gasteiger partial charge is 0.296 e. The lowest BCUT2D eigenvalue weighted by Gasteiger charge is -2.15. The van der Waals surface area contributed by atoms with Gasteiger partial charge in [0.05, 0.1) is 28.3 Å². The van der Waals surface area contributed by atoms with E-state index in [9.17, 15) is 13.0 Å². The minimum absolute atomic E-state index is 0.00162. The van der Waals surface area contributed by atoms with E-state index in [4.69, 9.17) is 5.26 Å². The molecule has 4 rings (SSSR count). The van der Waals surface area contributed by atoms with Crippen molar-refractivity contribution in [1.82, 2.24) is 0 Å². The van der Waals surface area contributed by atoms with Crippen LogP contribution in [0, 0.1) is 13.8 Å². The topological polar surface area (TPSA) is 142 Å². The van der Waals surface area contributed by atoms with Gasteiger partial charge in [-0.05, 0) is 72.1 Å². The Morgan fingerprint density at radius 3 is 1.83 bits per heavy atom. The van der Waals surface area contributed by atoms with Gasteiger partial charge in [0.1, 0.15) is 16.3 Å². The van der Waals surface area contributed by atoms with Crippen LogP contribution in [0.15, 0.2) is 103 Å². The van der Waals surface area contributed by atoms with Crippen LogP contribution < -0.4 is 0 Å². The van der Waals surface area contributed by atoms with Crippen molar-refractivity contribution in [3.8, 4) is 0 Å². The van der Waals surface area contributed by atoms with Crippen molar-refractivity contribution < 1.29 is 27.6 Å². The molecule has 0 unspecified atom stereocenters. The number of rotatable bonds is 8. The van der Waals surface area contributed by atoms with Gasteiger partial charge in [-0.25, -0.2) is 5.26 Å². The van der Waals surface area contributed by atoms with E-state index in [2.05, 4.69) is 29.8 Å². The first kappa shape index (κ1) is 25.6. The van der Waals surface area contributed by atoms with Crippen molar-refractivity contribution >= 4 is 55.7 Å². The highest BCUT2D eigenvalue weighted by atomic mass is 32.2. The third-order valence-electron chi connectivity index (χ3n) is 5.26. The van der Waals surface area contributed by atoms with Gasteiger partial charge < -0.3 is 0 Å². The minimum Gasteiger partial charge on any atom is -0.282 e. The van der Waals surface area contributed by atoms with E-state index in [0.717, 1.165) is 0 Å². The fourth-order valence-corrected chi connectivity index (χ4v) is 4.96. The Morgan fingerprint density at radius 2 is 1.31 bits per heavy atom. The molecule has 0 aliphatic rings. The second-order valence-corrected chi connectivity index (χ2v) is 9.70. The summed E-state index contributed by atoms with van der Waals surface area (Å²) in [4.78, 5) is -0.0198. The Hall–Kier alpha value is -3.52. The number of azo groups is 2. The van der Waals surface area contributed by atoms with Gasteiger partial charge in [-0.3, -0.25) is 4.55 Å². The molecule has 10 nitrogen and oxygen atoms in total. The zero-order chi connectivity index (χ0) is 25.7. The molecule has 36 heavy (non-hydrogen) atoms. The molecule has 0 aromatic heterocycles. The summed E-state index contributed by atoms with van der Waals surface area (Å²) in [7, 11) is -4.65. The monoisotopic (exact) mass is 524 g/mol. The highest BCUT2D eigenvalue weighted by molar-refractivity contribution is 7.94. The maximum absolute atomic E-state index is 12.3. The summed E-state index contributed by atoms with van der Waals surface area (Å²) >= 11 is 0.662. The van der Waals surface area contributed by atoms with Crippen LogP contribution in [-0.4, -0.2) is 18.2 Å². The number of hydrogen-bond donors (Lipinski definition) is 2. The summed E-state index contributed by atoms with van der Waals surface area (Å²) in [6.45, 7) is 3.46. The van der Waals surface area contributed by atoms with Crippen LogP contribution >= 0.6 is 12.0 Å². The molecule has 0 aliphatic carbocycles. The van der Waals surface area contributed by atoms with E-state index in [1.165, 1.54) is 6.07 Å². The van der Waals surface area contributed by atoms with Crippen molar-refractivity contribution in [3.63, 3.8) is 0 Å². The lowest BCUT2D eigenvalue weighted by molar-refractivity contribution is -0.432. The first-order valence-electron chi connectivity index (χ1n) is 10.5. The minimum atomic E-state index is -4.65. The van der Waals surface area contributed by atoms with Gasteiger partial charge in [0.15, 0.2) is 0 Å². The molecule has 0 heterocycles. The summed E-state index contributed by atoms with van der Waals surface area (Å²) < 4.78 is 39.1. The quantitative estimate of drug-likeness (QED) is 0.0782. The molecule has 0 saturated carbocycles. The predicted octanol–water partition coefficient (Wildman–Crippen LogP) is 7.96. The fourth-order valence-electron chi connectivity index (χ4n) is 3.69. The van der Waals surface area contributed by atoms with Crippen LogP contribution in [0.4, 0.5) is 22.7 Å². The molecular weight excluding hydrogens is 504 g/mol. The van der Waals surface area contributed by atoms with E-state index >= 15 is 0 Å². The maximum atomic E-state index is 12.3. The van der Waals surface area contributed by atoms with Crippen molar-refractivity contribution in [1.29, 1.82) is 0 Å². The third-order valence-corrected chi connectivity index (χ3v) is 6.75. The van der Waals surface area contributed by atoms with Gasteiger partial charge in [0.25, 0.3) is 10.1 Å². The summed E-state index contributed by atoms with van der Waals surface area (Å²) in [5.41, 5.74) is 2.62. The van der Waals surface area contributed by atoms with Crippen molar-refractivity contribution in [2.24, 2.45) is 20.5 Å². The summed E-state index contributed by atoms with van der Waals surface area (Å²) in [5, 5.41) is 30.5. The Morgan fingerprint density at radius 1 is 0.778 bits per heavy atom. The molecule has 0 atom stereocenters. The van der Waals surface area contributed by atoms with Gasteiger partial charge in [-0.2, -0.15) is 18.6 Å². The van der Waals surface area contributed by atoms with Gasteiger partial charge in [-0.1, -0.05) is 41.4 Å². The molecule has 0 radical (unpaired) electrons. The van der Waals surface area contributed by atoms with Crippen LogP contribution in [0.1, 0.15) is 11.1 Å². The number of benzene rings is 4. The highest BCUT2D eigenvalue weighted by Crippen LogP contribution is 2.44. The van der Waals surface area contributed by atoms with E-state index in [1.54, 1.807) is 56.3 Å². The van der Waals surface area contributed by atoms with E-state index in [-0.39, 0.29) is 5.69 Å². The van der Waals surface area contributed by atoms with Crippen LogP contribution in [-0.2, 0) is 19.5 Å². The Kier molecular flexibility index (Phi) is 7.84. The summed E-state index contributed by atoms with van der Waals surface area (Å²) in [6, 6.07) is 20.8. The molecule has 0 amide bonds. The molecule has 0 bridgehead atoms. The first-order valence-corrected chi connectivity index (χ1v) is 12.6. The number of fused-ring (bicyclic) bond motifs is 1. The normalized spacial score (nSPS) is 12.2. The highest BCUT2D eigenvalue weighted by Gasteiger charge is 2.23. The summed E-state index contributed by atoms with van der Waals surface area (Å²) in [6.07, 6.45) is 0. The van der Waals surface area contributed by atoms with Gasteiger partial charge in [0.2, 0.25) is 0 Å². The Labute approximate surface area is 211 Å².